The van der Waals surface area contributed by atoms with Gasteiger partial charge in [0, 0.05) is 25.9 Å². The average Bonchev–Trinajstić information content (AvgIpc) is 2.26. The fourth-order valence-corrected chi connectivity index (χ4v) is 2.09. The van der Waals surface area contributed by atoms with Gasteiger partial charge in [0.25, 0.3) is 0 Å². The molecule has 100 valence electrons. The summed E-state index contributed by atoms with van der Waals surface area (Å²) in [7, 11) is 4.09. The van der Waals surface area contributed by atoms with Crippen LogP contribution in [0.2, 0.25) is 0 Å². The molecule has 1 fully saturated rings. The van der Waals surface area contributed by atoms with Gasteiger partial charge in [-0.25, -0.2) is 4.79 Å². The van der Waals surface area contributed by atoms with Crippen molar-refractivity contribution in [1.29, 1.82) is 0 Å². The minimum atomic E-state index is -0.402. The highest BCUT2D eigenvalue weighted by atomic mass is 16.6. The maximum Gasteiger partial charge on any atom is 0.410 e. The molecule has 0 bridgehead atoms. The molecule has 17 heavy (non-hydrogen) atoms. The Morgan fingerprint density at radius 1 is 1.41 bits per heavy atom. The zero-order chi connectivity index (χ0) is 13.1. The average molecular weight is 242 g/mol. The van der Waals surface area contributed by atoms with Gasteiger partial charge in [0.1, 0.15) is 5.60 Å². The first-order chi connectivity index (χ1) is 7.83. The van der Waals surface area contributed by atoms with Gasteiger partial charge in [0.2, 0.25) is 0 Å². The van der Waals surface area contributed by atoms with Crippen molar-refractivity contribution in [3.05, 3.63) is 7.05 Å². The molecule has 1 aliphatic heterocycles. The van der Waals surface area contributed by atoms with E-state index in [4.69, 9.17) is 4.74 Å². The molecule has 1 unspecified atom stereocenters. The molecule has 0 radical (unpaired) electrons. The number of piperidine rings is 1. The van der Waals surface area contributed by atoms with E-state index < -0.39 is 5.60 Å². The van der Waals surface area contributed by atoms with E-state index in [9.17, 15) is 4.79 Å². The Morgan fingerprint density at radius 3 is 2.35 bits per heavy atom. The Morgan fingerprint density at radius 2 is 1.94 bits per heavy atom. The van der Waals surface area contributed by atoms with E-state index in [-0.39, 0.29) is 6.09 Å². The molecular formula is C13H26N2O2. The first kappa shape index (κ1) is 14.3. The van der Waals surface area contributed by atoms with Crippen LogP contribution in [0.1, 0.15) is 40.5 Å². The van der Waals surface area contributed by atoms with Crippen molar-refractivity contribution in [2.24, 2.45) is 0 Å². The molecule has 1 aliphatic rings. The Balaban J connectivity index is 2.39. The summed E-state index contributed by atoms with van der Waals surface area (Å²) in [6.07, 6.45) is 1.86. The first-order valence-electron chi connectivity index (χ1n) is 6.49. The molecule has 1 saturated heterocycles. The molecule has 0 aromatic rings. The Hall–Kier alpha value is -0.770. The molecule has 0 aromatic heterocycles. The number of hydrogen-bond acceptors (Lipinski definition) is 2. The molecule has 0 aromatic carbocycles. The second-order valence-electron chi connectivity index (χ2n) is 5.75. The van der Waals surface area contributed by atoms with Crippen LogP contribution < -0.4 is 4.90 Å². The zero-order valence-corrected chi connectivity index (χ0v) is 11.6. The molecule has 0 saturated carbocycles. The van der Waals surface area contributed by atoms with E-state index >= 15 is 0 Å². The van der Waals surface area contributed by atoms with Crippen LogP contribution in [0.25, 0.3) is 0 Å². The molecule has 1 N–H and O–H groups in total. The van der Waals surface area contributed by atoms with Gasteiger partial charge in [-0.1, -0.05) is 0 Å². The van der Waals surface area contributed by atoms with Crippen molar-refractivity contribution < 1.29 is 14.4 Å². The molecule has 0 aliphatic carbocycles. The van der Waals surface area contributed by atoms with Crippen molar-refractivity contribution in [1.82, 2.24) is 4.90 Å². The molecule has 1 rings (SSSR count). The van der Waals surface area contributed by atoms with Crippen LogP contribution >= 0.6 is 0 Å². The summed E-state index contributed by atoms with van der Waals surface area (Å²) in [5, 5.41) is 0. The van der Waals surface area contributed by atoms with Gasteiger partial charge in [-0.2, -0.15) is 7.05 Å². The van der Waals surface area contributed by atoms with Crippen LogP contribution in [0.3, 0.4) is 0 Å². The maximum absolute atomic E-state index is 11.8. The molecule has 4 heteroatoms. The fraction of sp³-hybridized carbons (Fsp3) is 0.846. The van der Waals surface area contributed by atoms with Crippen LogP contribution in [0.5, 0.6) is 0 Å². The smallest absolute Gasteiger partial charge is 0.410 e. The minimum Gasteiger partial charge on any atom is -0.465 e. The van der Waals surface area contributed by atoms with Gasteiger partial charge >= 0.3 is 6.09 Å². The quantitative estimate of drug-likeness (QED) is 0.735. The lowest BCUT2D eigenvalue weighted by Gasteiger charge is -2.37. The third-order valence-electron chi connectivity index (χ3n) is 3.18. The molecule has 0 spiro atoms. The summed E-state index contributed by atoms with van der Waals surface area (Å²) in [4.78, 5) is 15.0. The second-order valence-corrected chi connectivity index (χ2v) is 5.75. The lowest BCUT2D eigenvalue weighted by molar-refractivity contribution is -0.880. The van der Waals surface area contributed by atoms with Gasteiger partial charge in [-0.05, 0) is 27.7 Å². The van der Waals surface area contributed by atoms with Crippen molar-refractivity contribution in [3.8, 4) is 0 Å². The minimum absolute atomic E-state index is 0.182. The molecular weight excluding hydrogens is 216 g/mol. The SMILES string of the molecule is [CH2-][NH+](CC)C1CCN(C(=O)OC(C)(C)C)CC1. The lowest BCUT2D eigenvalue weighted by Crippen LogP contribution is -3.11. The molecule has 1 amide bonds. The van der Waals surface area contributed by atoms with E-state index in [0.717, 1.165) is 32.5 Å². The van der Waals surface area contributed by atoms with Gasteiger partial charge in [0.15, 0.2) is 0 Å². The number of quaternary nitrogens is 1. The number of amides is 1. The predicted octanol–water partition coefficient (Wildman–Crippen LogP) is 1.08. The summed E-state index contributed by atoms with van der Waals surface area (Å²) in [5.74, 6) is 0. The monoisotopic (exact) mass is 242 g/mol. The van der Waals surface area contributed by atoms with Crippen molar-refractivity contribution >= 4 is 6.09 Å². The van der Waals surface area contributed by atoms with E-state index in [1.807, 2.05) is 25.7 Å². The van der Waals surface area contributed by atoms with Crippen LogP contribution in [0, 0.1) is 7.05 Å². The number of carbonyl (C=O) groups is 1. The Kier molecular flexibility index (Phi) is 4.80. The normalized spacial score (nSPS) is 20.2. The van der Waals surface area contributed by atoms with Gasteiger partial charge < -0.3 is 14.5 Å². The van der Waals surface area contributed by atoms with E-state index in [0.29, 0.717) is 6.04 Å². The Bertz CT molecular complexity index is 253. The van der Waals surface area contributed by atoms with E-state index in [1.54, 1.807) is 0 Å². The highest BCUT2D eigenvalue weighted by Gasteiger charge is 2.28. The largest absolute Gasteiger partial charge is 0.465 e. The van der Waals surface area contributed by atoms with Crippen molar-refractivity contribution in [2.45, 2.75) is 52.2 Å². The summed E-state index contributed by atoms with van der Waals surface area (Å²) in [5.41, 5.74) is -0.402. The molecule has 1 heterocycles. The van der Waals surface area contributed by atoms with E-state index in [2.05, 4.69) is 14.0 Å². The second kappa shape index (κ2) is 5.71. The predicted molar refractivity (Wildman–Crippen MR) is 67.7 cm³/mol. The number of hydrogen-bond donors (Lipinski definition) is 1. The number of nitrogens with one attached hydrogen (secondary N) is 1. The zero-order valence-electron chi connectivity index (χ0n) is 11.6. The fourth-order valence-electron chi connectivity index (χ4n) is 2.09. The standard InChI is InChI=1S/C13H26N2O2/c1-6-14(5)11-7-9-15(10-8-11)12(16)17-13(2,3)4/h11,14H,5-10H2,1-4H3. The summed E-state index contributed by atoms with van der Waals surface area (Å²) in [6, 6.07) is 0.582. The molecule has 1 atom stereocenters. The van der Waals surface area contributed by atoms with Crippen LogP contribution in [-0.2, 0) is 4.74 Å². The number of likely N-dealkylation sites (tertiary alicyclic amines) is 1. The van der Waals surface area contributed by atoms with Gasteiger partial charge in [-0.3, -0.25) is 0 Å². The highest BCUT2D eigenvalue weighted by Crippen LogP contribution is 2.14. The van der Waals surface area contributed by atoms with Gasteiger partial charge in [0.05, 0.1) is 12.6 Å². The summed E-state index contributed by atoms with van der Waals surface area (Å²) in [6.45, 7) is 10.5. The van der Waals surface area contributed by atoms with Crippen molar-refractivity contribution in [2.75, 3.05) is 19.6 Å². The number of carbonyl (C=O) groups excluding carboxylic acids is 1. The first-order valence-corrected chi connectivity index (χ1v) is 6.49. The van der Waals surface area contributed by atoms with E-state index in [1.165, 1.54) is 4.90 Å². The maximum atomic E-state index is 11.8. The topological polar surface area (TPSA) is 34.0 Å². The molecule has 4 nitrogen and oxygen atoms in total. The lowest BCUT2D eigenvalue weighted by atomic mass is 10.0. The summed E-state index contributed by atoms with van der Waals surface area (Å²) >= 11 is 0. The van der Waals surface area contributed by atoms with Crippen LogP contribution in [0.4, 0.5) is 4.79 Å². The number of rotatable bonds is 2. The van der Waals surface area contributed by atoms with Crippen molar-refractivity contribution in [3.63, 3.8) is 0 Å². The summed E-state index contributed by atoms with van der Waals surface area (Å²) < 4.78 is 5.36. The number of nitrogens with zero attached hydrogens (tertiary/aromatic N) is 1. The number of ether oxygens (including phenoxy) is 1. The van der Waals surface area contributed by atoms with Gasteiger partial charge in [-0.15, -0.1) is 0 Å². The third-order valence-corrected chi connectivity index (χ3v) is 3.18. The highest BCUT2D eigenvalue weighted by molar-refractivity contribution is 5.68. The Labute approximate surface area is 105 Å². The van der Waals surface area contributed by atoms with Crippen LogP contribution in [-0.4, -0.2) is 42.3 Å². The van der Waals surface area contributed by atoms with Crippen LogP contribution in [0.15, 0.2) is 0 Å². The third kappa shape index (κ3) is 4.54.